The van der Waals surface area contributed by atoms with Gasteiger partial charge in [0.2, 0.25) is 11.8 Å². The second-order valence-corrected chi connectivity index (χ2v) is 9.08. The van der Waals surface area contributed by atoms with Crippen LogP contribution in [0, 0.1) is 0 Å². The molecule has 0 spiro atoms. The highest BCUT2D eigenvalue weighted by atomic mass is 32.2. The predicted octanol–water partition coefficient (Wildman–Crippen LogP) is 3.52. The molecule has 2 aliphatic carbocycles. The number of rotatable bonds is 1. The Kier molecular flexibility index (Phi) is 2.42. The molecule has 1 saturated carbocycles. The maximum Gasteiger partial charge on any atom is 0.262 e. The predicted molar refractivity (Wildman–Crippen MR) is 96.7 cm³/mol. The molecule has 3 aliphatic rings. The Labute approximate surface area is 149 Å². The van der Waals surface area contributed by atoms with E-state index in [0.29, 0.717) is 34.0 Å². The Morgan fingerprint density at radius 1 is 1.00 bits per heavy atom. The van der Waals surface area contributed by atoms with Crippen LogP contribution >= 0.6 is 0 Å². The van der Waals surface area contributed by atoms with Gasteiger partial charge in [-0.05, 0) is 49.3 Å². The lowest BCUT2D eigenvalue weighted by atomic mass is 9.95. The number of nitrogens with zero attached hydrogens (tertiary/aromatic N) is 1. The summed E-state index contributed by atoms with van der Waals surface area (Å²) < 4.78 is 28.6. The Bertz CT molecular complexity index is 1210. The van der Waals surface area contributed by atoms with Crippen LogP contribution in [0.1, 0.15) is 42.2 Å². The van der Waals surface area contributed by atoms with E-state index in [1.807, 2.05) is 6.07 Å². The summed E-state index contributed by atoms with van der Waals surface area (Å²) in [4.78, 5) is 0.227. The number of fused-ring (bicyclic) bond motifs is 5. The lowest BCUT2D eigenvalue weighted by Crippen LogP contribution is -2.05. The second kappa shape index (κ2) is 4.35. The van der Waals surface area contributed by atoms with Gasteiger partial charge in [0.1, 0.15) is 0 Å². The molecule has 6 rings (SSSR count). The summed E-state index contributed by atoms with van der Waals surface area (Å²) in [7, 11) is -3.57. The first kappa shape index (κ1) is 14.5. The molecule has 2 aromatic carbocycles. The van der Waals surface area contributed by atoms with Crippen molar-refractivity contribution in [2.24, 2.45) is 0 Å². The summed E-state index contributed by atoms with van der Waals surface area (Å²) in [6, 6.07) is 8.50. The number of benzene rings is 2. The van der Waals surface area contributed by atoms with Crippen LogP contribution in [0.2, 0.25) is 0 Å². The van der Waals surface area contributed by atoms with E-state index in [9.17, 15) is 18.6 Å². The normalized spacial score (nSPS) is 24.2. The topological polar surface area (TPSA) is 91.6 Å². The second-order valence-electron chi connectivity index (χ2n) is 7.43. The molecular formula is C19H16N2O4S. The Morgan fingerprint density at radius 2 is 1.69 bits per heavy atom. The summed E-state index contributed by atoms with van der Waals surface area (Å²) in [5, 5.41) is 23.1. The van der Waals surface area contributed by atoms with Crippen molar-refractivity contribution in [2.45, 2.75) is 36.0 Å². The fourth-order valence-electron chi connectivity index (χ4n) is 5.18. The molecule has 1 aliphatic heterocycles. The van der Waals surface area contributed by atoms with Gasteiger partial charge >= 0.3 is 0 Å². The molecular weight excluding hydrogens is 352 g/mol. The van der Waals surface area contributed by atoms with Crippen molar-refractivity contribution in [3.63, 3.8) is 0 Å². The molecule has 6 nitrogen and oxygen atoms in total. The number of hydrogen-bond acceptors (Lipinski definition) is 4. The average Bonchev–Trinajstić information content (AvgIpc) is 3.34. The molecule has 1 aromatic heterocycles. The van der Waals surface area contributed by atoms with Gasteiger partial charge in [-0.3, -0.25) is 9.29 Å². The van der Waals surface area contributed by atoms with Gasteiger partial charge < -0.3 is 10.2 Å². The van der Waals surface area contributed by atoms with Crippen LogP contribution in [-0.2, 0) is 10.0 Å². The van der Waals surface area contributed by atoms with Crippen LogP contribution in [0.3, 0.4) is 0 Å². The fraction of sp³-hybridized carbons (Fsp3) is 0.263. The van der Waals surface area contributed by atoms with Crippen molar-refractivity contribution >= 4 is 26.5 Å². The largest absolute Gasteiger partial charge is 0.494 e. The van der Waals surface area contributed by atoms with Crippen molar-refractivity contribution in [3.05, 3.63) is 41.5 Å². The van der Waals surface area contributed by atoms with Crippen molar-refractivity contribution in [2.75, 3.05) is 4.72 Å². The number of aromatic nitrogens is 1. The number of sulfonamides is 1. The van der Waals surface area contributed by atoms with Crippen LogP contribution in [-0.4, -0.2) is 23.2 Å². The zero-order valence-electron chi connectivity index (χ0n) is 13.7. The van der Waals surface area contributed by atoms with Gasteiger partial charge in [-0.2, -0.15) is 0 Å². The molecule has 1 fully saturated rings. The van der Waals surface area contributed by atoms with E-state index in [1.54, 1.807) is 24.3 Å². The van der Waals surface area contributed by atoms with Crippen LogP contribution in [0.25, 0.3) is 16.5 Å². The van der Waals surface area contributed by atoms with Crippen LogP contribution in [0.15, 0.2) is 35.2 Å². The Morgan fingerprint density at radius 3 is 2.38 bits per heavy atom. The van der Waals surface area contributed by atoms with Gasteiger partial charge in [0.15, 0.2) is 0 Å². The monoisotopic (exact) mass is 368 g/mol. The molecule has 0 amide bonds. The van der Waals surface area contributed by atoms with E-state index in [0.717, 1.165) is 30.4 Å². The molecule has 0 radical (unpaired) electrons. The van der Waals surface area contributed by atoms with E-state index in [2.05, 4.69) is 4.72 Å². The summed E-state index contributed by atoms with van der Waals surface area (Å²) in [6.45, 7) is 0. The lowest BCUT2D eigenvalue weighted by Gasteiger charge is -2.13. The summed E-state index contributed by atoms with van der Waals surface area (Å²) in [5.74, 6) is 0.778. The van der Waals surface area contributed by atoms with Gasteiger partial charge in [-0.1, -0.05) is 12.1 Å². The van der Waals surface area contributed by atoms with E-state index in [1.165, 1.54) is 4.57 Å². The van der Waals surface area contributed by atoms with Crippen LogP contribution in [0.5, 0.6) is 11.8 Å². The average molecular weight is 368 g/mol. The SMILES string of the molecule is O=S1(=O)Nc2ccc(-n3c(O)c4c(c3O)[C@H]3CC[C@@H]4C3)c3cccc1c23. The molecule has 3 aromatic rings. The van der Waals surface area contributed by atoms with E-state index in [4.69, 9.17) is 0 Å². The standard InChI is InChI=1S/C19H16N2O4S/c22-18-15-9-4-5-10(8-9)16(15)19(23)21(18)13-7-6-12-17-11(13)2-1-3-14(17)26(24,25)20-12/h1-3,6-7,9-10,20,22-23H,4-5,8H2/t9-,10+. The van der Waals surface area contributed by atoms with Crippen LogP contribution in [0.4, 0.5) is 5.69 Å². The van der Waals surface area contributed by atoms with Crippen molar-refractivity contribution < 1.29 is 18.6 Å². The molecule has 3 N–H and O–H groups in total. The van der Waals surface area contributed by atoms with E-state index >= 15 is 0 Å². The first-order chi connectivity index (χ1) is 12.5. The molecule has 2 atom stereocenters. The minimum Gasteiger partial charge on any atom is -0.494 e. The van der Waals surface area contributed by atoms with Gasteiger partial charge in [-0.15, -0.1) is 0 Å². The van der Waals surface area contributed by atoms with Gasteiger partial charge in [0.05, 0.1) is 16.3 Å². The third-order valence-corrected chi connectivity index (χ3v) is 7.61. The lowest BCUT2D eigenvalue weighted by molar-refractivity contribution is 0.395. The van der Waals surface area contributed by atoms with Gasteiger partial charge in [0.25, 0.3) is 10.0 Å². The maximum absolute atomic E-state index is 12.3. The van der Waals surface area contributed by atoms with E-state index in [-0.39, 0.29) is 16.7 Å². The summed E-state index contributed by atoms with van der Waals surface area (Å²) >= 11 is 0. The molecule has 2 heterocycles. The van der Waals surface area contributed by atoms with Gasteiger partial charge in [0, 0.05) is 21.9 Å². The first-order valence-electron chi connectivity index (χ1n) is 8.72. The third kappa shape index (κ3) is 1.51. The summed E-state index contributed by atoms with van der Waals surface area (Å²) in [5.41, 5.74) is 2.85. The van der Waals surface area contributed by atoms with E-state index < -0.39 is 10.0 Å². The first-order valence-corrected chi connectivity index (χ1v) is 10.2. The zero-order valence-corrected chi connectivity index (χ0v) is 14.5. The number of anilines is 1. The Hall–Kier alpha value is -2.67. The zero-order chi connectivity index (χ0) is 17.8. The molecule has 26 heavy (non-hydrogen) atoms. The van der Waals surface area contributed by atoms with Gasteiger partial charge in [-0.25, -0.2) is 8.42 Å². The highest BCUT2D eigenvalue weighted by Gasteiger charge is 2.44. The number of nitrogens with one attached hydrogen (secondary N) is 1. The van der Waals surface area contributed by atoms with Crippen molar-refractivity contribution in [1.82, 2.24) is 4.57 Å². The highest BCUT2D eigenvalue weighted by molar-refractivity contribution is 7.93. The summed E-state index contributed by atoms with van der Waals surface area (Å²) in [6.07, 6.45) is 3.08. The molecule has 2 bridgehead atoms. The smallest absolute Gasteiger partial charge is 0.262 e. The number of aromatic hydroxyl groups is 2. The fourth-order valence-corrected chi connectivity index (χ4v) is 6.50. The minimum atomic E-state index is -3.57. The number of hydrogen-bond donors (Lipinski definition) is 3. The highest BCUT2D eigenvalue weighted by Crippen LogP contribution is 2.60. The van der Waals surface area contributed by atoms with Crippen molar-refractivity contribution in [1.29, 1.82) is 0 Å². The molecule has 0 saturated heterocycles. The van der Waals surface area contributed by atoms with Crippen LogP contribution < -0.4 is 4.72 Å². The molecule has 132 valence electrons. The third-order valence-electron chi connectivity index (χ3n) is 6.20. The Balaban J connectivity index is 1.70. The van der Waals surface area contributed by atoms with Crippen molar-refractivity contribution in [3.8, 4) is 17.4 Å². The minimum absolute atomic E-state index is 0.0826. The molecule has 0 unspecified atom stereocenters. The maximum atomic E-state index is 12.3. The quantitative estimate of drug-likeness (QED) is 0.613. The molecule has 7 heteroatoms.